The number of thioether (sulfide) groups is 1. The number of rotatable bonds is 7. The van der Waals surface area contributed by atoms with E-state index in [2.05, 4.69) is 5.10 Å². The van der Waals surface area contributed by atoms with Gasteiger partial charge in [-0.1, -0.05) is 36.0 Å². The fourth-order valence-corrected chi connectivity index (χ4v) is 5.62. The molecule has 0 saturated heterocycles. The summed E-state index contributed by atoms with van der Waals surface area (Å²) in [5.74, 6) is -5.51. The monoisotopic (exact) mass is 594 g/mol. The van der Waals surface area contributed by atoms with Crippen molar-refractivity contribution in [1.82, 2.24) is 5.01 Å². The lowest BCUT2D eigenvalue weighted by Gasteiger charge is -2.24. The van der Waals surface area contributed by atoms with Crippen LogP contribution < -0.4 is 4.74 Å². The second-order valence-corrected chi connectivity index (χ2v) is 10.3. The molecule has 214 valence electrons. The first-order valence-corrected chi connectivity index (χ1v) is 13.4. The van der Waals surface area contributed by atoms with Crippen molar-refractivity contribution in [2.75, 3.05) is 7.11 Å². The normalized spacial score (nSPS) is 14.5. The Morgan fingerprint density at radius 3 is 2.29 bits per heavy atom. The van der Waals surface area contributed by atoms with Crippen LogP contribution in [-0.2, 0) is 11.3 Å². The van der Waals surface area contributed by atoms with Gasteiger partial charge in [0, 0.05) is 17.7 Å². The lowest BCUT2D eigenvalue weighted by Crippen LogP contribution is -2.28. The molecule has 1 unspecified atom stereocenters. The highest BCUT2D eigenvalue weighted by Gasteiger charge is 2.38. The molecule has 11 heteroatoms. The first-order valence-electron chi connectivity index (χ1n) is 12.5. The van der Waals surface area contributed by atoms with E-state index in [4.69, 9.17) is 9.47 Å². The average Bonchev–Trinajstić information content (AvgIpc) is 3.41. The lowest BCUT2D eigenvalue weighted by atomic mass is 10.1. The molecule has 0 radical (unpaired) electrons. The van der Waals surface area contributed by atoms with Gasteiger partial charge in [0.15, 0.2) is 0 Å². The van der Waals surface area contributed by atoms with Crippen molar-refractivity contribution in [2.24, 2.45) is 5.10 Å². The highest BCUT2D eigenvalue weighted by atomic mass is 32.2. The van der Waals surface area contributed by atoms with E-state index in [1.54, 1.807) is 49.4 Å². The second-order valence-electron chi connectivity index (χ2n) is 9.23. The van der Waals surface area contributed by atoms with Gasteiger partial charge in [0.25, 0.3) is 5.91 Å². The van der Waals surface area contributed by atoms with Gasteiger partial charge in [-0.3, -0.25) is 4.79 Å². The van der Waals surface area contributed by atoms with E-state index < -0.39 is 46.1 Å². The predicted molar refractivity (Wildman–Crippen MR) is 149 cm³/mol. The summed E-state index contributed by atoms with van der Waals surface area (Å²) in [5, 5.41) is 4.69. The third-order valence-corrected chi connectivity index (χ3v) is 7.72. The van der Waals surface area contributed by atoms with Crippen LogP contribution in [0.4, 0.5) is 17.6 Å². The van der Waals surface area contributed by atoms with E-state index in [0.717, 1.165) is 16.8 Å². The first-order chi connectivity index (χ1) is 20.2. The van der Waals surface area contributed by atoms with E-state index in [1.165, 1.54) is 31.4 Å². The zero-order valence-corrected chi connectivity index (χ0v) is 23.1. The molecule has 0 bridgehead atoms. The van der Waals surface area contributed by atoms with Crippen molar-refractivity contribution in [2.45, 2.75) is 18.9 Å². The highest BCUT2D eigenvalue weighted by Crippen LogP contribution is 2.45. The van der Waals surface area contributed by atoms with E-state index in [-0.39, 0.29) is 6.61 Å². The van der Waals surface area contributed by atoms with Gasteiger partial charge >= 0.3 is 5.97 Å². The summed E-state index contributed by atoms with van der Waals surface area (Å²) in [7, 11) is 1.29. The number of amides is 1. The number of methoxy groups -OCH3 is 1. The van der Waals surface area contributed by atoms with Crippen LogP contribution in [0.1, 0.15) is 48.3 Å². The summed E-state index contributed by atoms with van der Waals surface area (Å²) >= 11 is 1.12. The van der Waals surface area contributed by atoms with Crippen LogP contribution in [-0.4, -0.2) is 29.0 Å². The molecule has 4 aromatic carbocycles. The van der Waals surface area contributed by atoms with Crippen molar-refractivity contribution in [1.29, 1.82) is 0 Å². The number of hydrogen-bond acceptors (Lipinski definition) is 6. The SMILES string of the molecule is COC(=O)c1cccc(COc2cccc(C3SC(c4ccc(F)cc4)=NN3C(=O)c3c(F)cc(F)cc3F)c2C)c1. The molecule has 1 amide bonds. The largest absolute Gasteiger partial charge is 0.489 e. The Morgan fingerprint density at radius 2 is 1.60 bits per heavy atom. The molecule has 0 saturated carbocycles. The molecular formula is C31H22F4N2O4S. The van der Waals surface area contributed by atoms with Crippen LogP contribution in [0.2, 0.25) is 0 Å². The summed E-state index contributed by atoms with van der Waals surface area (Å²) in [6, 6.07) is 18.1. The molecule has 42 heavy (non-hydrogen) atoms. The molecule has 4 aromatic rings. The van der Waals surface area contributed by atoms with Crippen molar-refractivity contribution >= 4 is 28.7 Å². The molecule has 1 heterocycles. The third-order valence-electron chi connectivity index (χ3n) is 6.50. The summed E-state index contributed by atoms with van der Waals surface area (Å²) in [6.45, 7) is 1.87. The Kier molecular flexibility index (Phi) is 8.30. The summed E-state index contributed by atoms with van der Waals surface area (Å²) in [4.78, 5) is 25.4. The molecule has 1 aliphatic heterocycles. The Morgan fingerprint density at radius 1 is 0.905 bits per heavy atom. The maximum Gasteiger partial charge on any atom is 0.337 e. The van der Waals surface area contributed by atoms with Gasteiger partial charge in [0.05, 0.1) is 12.7 Å². The number of carbonyl (C=O) groups is 2. The standard InChI is InChI=1S/C31H22F4N2O4S/c1-17-23(7-4-8-26(17)41-16-18-5-3-6-20(13-18)31(39)40-2)30-37(29(38)27-24(34)14-22(33)15-25(27)35)36-28(42-30)19-9-11-21(32)12-10-19/h3-15,30H,16H2,1-2H3. The van der Waals surface area contributed by atoms with Crippen LogP contribution in [0.25, 0.3) is 0 Å². The van der Waals surface area contributed by atoms with Crippen LogP contribution in [0.15, 0.2) is 84.0 Å². The van der Waals surface area contributed by atoms with E-state index in [9.17, 15) is 27.2 Å². The Labute approximate surface area is 242 Å². The third kappa shape index (κ3) is 5.87. The molecule has 1 atom stereocenters. The molecule has 0 fully saturated rings. The second kappa shape index (κ2) is 12.1. The van der Waals surface area contributed by atoms with Gasteiger partial charge in [-0.2, -0.15) is 5.10 Å². The number of hydrazone groups is 1. The Balaban J connectivity index is 1.49. The maximum atomic E-state index is 14.6. The molecule has 0 aromatic heterocycles. The molecule has 6 nitrogen and oxygen atoms in total. The quantitative estimate of drug-likeness (QED) is 0.168. The van der Waals surface area contributed by atoms with Gasteiger partial charge in [-0.05, 0) is 66.1 Å². The van der Waals surface area contributed by atoms with E-state index >= 15 is 0 Å². The highest BCUT2D eigenvalue weighted by molar-refractivity contribution is 8.14. The number of nitrogens with zero attached hydrogens (tertiary/aromatic N) is 2. The van der Waals surface area contributed by atoms with Gasteiger partial charge in [-0.15, -0.1) is 0 Å². The van der Waals surface area contributed by atoms with Gasteiger partial charge in [-0.25, -0.2) is 27.4 Å². The fraction of sp³-hybridized carbons (Fsp3) is 0.129. The first kappa shape index (κ1) is 28.9. The minimum Gasteiger partial charge on any atom is -0.489 e. The van der Waals surface area contributed by atoms with E-state index in [1.807, 2.05) is 0 Å². The van der Waals surface area contributed by atoms with Crippen molar-refractivity contribution in [3.05, 3.63) is 136 Å². The number of esters is 1. The number of halogens is 4. The Bertz CT molecular complexity index is 1690. The van der Waals surface area contributed by atoms with Crippen LogP contribution in [0.3, 0.4) is 0 Å². The average molecular weight is 595 g/mol. The minimum absolute atomic E-state index is 0.110. The molecule has 5 rings (SSSR count). The van der Waals surface area contributed by atoms with Crippen LogP contribution >= 0.6 is 11.8 Å². The number of carbonyl (C=O) groups excluding carboxylic acids is 2. The number of benzene rings is 4. The zero-order valence-electron chi connectivity index (χ0n) is 22.2. The van der Waals surface area contributed by atoms with Gasteiger partial charge < -0.3 is 9.47 Å². The van der Waals surface area contributed by atoms with Crippen molar-refractivity contribution < 1.29 is 36.6 Å². The van der Waals surface area contributed by atoms with Crippen molar-refractivity contribution in [3.63, 3.8) is 0 Å². The van der Waals surface area contributed by atoms with E-state index in [0.29, 0.717) is 50.7 Å². The minimum atomic E-state index is -1.37. The van der Waals surface area contributed by atoms with Gasteiger partial charge in [0.2, 0.25) is 0 Å². The zero-order chi connectivity index (χ0) is 30.0. The van der Waals surface area contributed by atoms with Crippen LogP contribution in [0.5, 0.6) is 5.75 Å². The summed E-state index contributed by atoms with van der Waals surface area (Å²) in [5.41, 5.74) is 1.77. The molecule has 0 spiro atoms. The number of hydrogen-bond donors (Lipinski definition) is 0. The number of ether oxygens (including phenoxy) is 2. The summed E-state index contributed by atoms with van der Waals surface area (Å²) in [6.07, 6.45) is 0. The molecular weight excluding hydrogens is 572 g/mol. The van der Waals surface area contributed by atoms with Crippen LogP contribution in [0, 0.1) is 30.2 Å². The summed E-state index contributed by atoms with van der Waals surface area (Å²) < 4.78 is 67.2. The molecule has 0 aliphatic carbocycles. The fourth-order valence-electron chi connectivity index (χ4n) is 4.38. The lowest BCUT2D eigenvalue weighted by molar-refractivity contribution is 0.0600. The maximum absolute atomic E-state index is 14.6. The van der Waals surface area contributed by atoms with Gasteiger partial charge in [0.1, 0.15) is 51.6 Å². The smallest absolute Gasteiger partial charge is 0.337 e. The topological polar surface area (TPSA) is 68.2 Å². The Hall–Kier alpha value is -4.64. The van der Waals surface area contributed by atoms with Crippen molar-refractivity contribution in [3.8, 4) is 5.75 Å². The predicted octanol–water partition coefficient (Wildman–Crippen LogP) is 7.17. The molecule has 0 N–H and O–H groups in total. The molecule has 1 aliphatic rings.